The molecule has 0 saturated heterocycles. The van der Waals surface area contributed by atoms with Gasteiger partial charge in [0.1, 0.15) is 0 Å². The Labute approximate surface area is 134 Å². The minimum atomic E-state index is -5.07. The zero-order chi connectivity index (χ0) is 18.3. The van der Waals surface area contributed by atoms with Gasteiger partial charge in [-0.15, -0.1) is 0 Å². The highest BCUT2D eigenvalue weighted by atomic mass is 32.3. The fourth-order valence-corrected chi connectivity index (χ4v) is 2.58. The van der Waals surface area contributed by atoms with Crippen molar-refractivity contribution in [3.8, 4) is 0 Å². The number of thiol groups is 2. The van der Waals surface area contributed by atoms with Crippen LogP contribution in [0.5, 0.6) is 0 Å². The summed E-state index contributed by atoms with van der Waals surface area (Å²) in [6, 6.07) is 0. The summed E-state index contributed by atoms with van der Waals surface area (Å²) < 4.78 is 117. The molecule has 0 aliphatic carbocycles. The molecule has 0 radical (unpaired) electrons. The molecule has 0 aromatic heterocycles. The molecular formula is C5H12O14S4. The molecule has 14 nitrogen and oxygen atoms in total. The van der Waals surface area contributed by atoms with E-state index in [-0.39, 0.29) is 0 Å². The van der Waals surface area contributed by atoms with E-state index in [1.165, 1.54) is 0 Å². The molecule has 0 rings (SSSR count). The van der Waals surface area contributed by atoms with E-state index in [4.69, 9.17) is 9.11 Å². The lowest BCUT2D eigenvalue weighted by molar-refractivity contribution is 0.000876. The fraction of sp³-hybridized carbons (Fsp3) is 1.00. The average Bonchev–Trinajstić information content (AvgIpc) is 2.34. The SMILES string of the molecule is O=[SH](=O)OCC(CO[SH](=O)=O)(COS(=O)(=O)O)COS(=O)(=O)O. The zero-order valence-electron chi connectivity index (χ0n) is 10.8. The Balaban J connectivity index is 5.45. The van der Waals surface area contributed by atoms with Gasteiger partial charge in [-0.1, -0.05) is 0 Å². The molecular weight excluding hydrogens is 412 g/mol. The summed E-state index contributed by atoms with van der Waals surface area (Å²) >= 11 is 0. The third kappa shape index (κ3) is 12.6. The highest BCUT2D eigenvalue weighted by Gasteiger charge is 2.37. The summed E-state index contributed by atoms with van der Waals surface area (Å²) in [7, 11) is -17.2. The van der Waals surface area contributed by atoms with E-state index in [1.807, 2.05) is 0 Å². The van der Waals surface area contributed by atoms with Crippen LogP contribution in [0.3, 0.4) is 0 Å². The third-order valence-corrected chi connectivity index (χ3v) is 3.49. The van der Waals surface area contributed by atoms with Crippen molar-refractivity contribution >= 4 is 42.8 Å². The van der Waals surface area contributed by atoms with Crippen LogP contribution in [0.1, 0.15) is 0 Å². The van der Waals surface area contributed by atoms with Gasteiger partial charge in [-0.3, -0.25) is 17.5 Å². The van der Waals surface area contributed by atoms with Crippen LogP contribution in [0, 0.1) is 5.41 Å². The van der Waals surface area contributed by atoms with E-state index in [0.29, 0.717) is 0 Å². The Morgan fingerprint density at radius 1 is 0.696 bits per heavy atom. The molecule has 0 spiro atoms. The standard InChI is InChI=1S/C5H12O14S4/c6-20(7)16-1-5(2-17-21(8)9,3-18-22(10,11)12)4-19-23(13,14)15/h20-21H,1-4H2,(H,10,11,12)(H,13,14,15). The molecule has 0 saturated carbocycles. The fourth-order valence-electron chi connectivity index (χ4n) is 1.03. The van der Waals surface area contributed by atoms with Gasteiger partial charge >= 0.3 is 20.8 Å². The Hall–Kier alpha value is -0.440. The van der Waals surface area contributed by atoms with E-state index in [0.717, 1.165) is 0 Å². The van der Waals surface area contributed by atoms with Crippen molar-refractivity contribution in [1.82, 2.24) is 0 Å². The Morgan fingerprint density at radius 3 is 1.22 bits per heavy atom. The lowest BCUT2D eigenvalue weighted by atomic mass is 9.93. The van der Waals surface area contributed by atoms with Crippen LogP contribution in [0.15, 0.2) is 0 Å². The van der Waals surface area contributed by atoms with Crippen molar-refractivity contribution in [2.75, 3.05) is 26.4 Å². The molecule has 0 fully saturated rings. The summed E-state index contributed by atoms with van der Waals surface area (Å²) in [6.45, 7) is -4.51. The second-order valence-electron chi connectivity index (χ2n) is 3.87. The number of hydrogen-bond acceptors (Lipinski definition) is 12. The Morgan fingerprint density at radius 2 is 1.00 bits per heavy atom. The van der Waals surface area contributed by atoms with Crippen molar-refractivity contribution in [3.05, 3.63) is 0 Å². The molecule has 0 atom stereocenters. The predicted molar refractivity (Wildman–Crippen MR) is 70.0 cm³/mol. The first-order chi connectivity index (χ1) is 10.2. The molecule has 18 heteroatoms. The highest BCUT2D eigenvalue weighted by molar-refractivity contribution is 7.81. The van der Waals surface area contributed by atoms with Crippen LogP contribution in [-0.4, -0.2) is 69.2 Å². The molecule has 140 valence electrons. The molecule has 0 heterocycles. The minimum absolute atomic E-state index is 1.06. The number of rotatable bonds is 12. The van der Waals surface area contributed by atoms with Crippen LogP contribution < -0.4 is 0 Å². The smallest absolute Gasteiger partial charge is 0.271 e. The first-order valence-corrected chi connectivity index (χ1v) is 9.95. The summed E-state index contributed by atoms with van der Waals surface area (Å²) in [5, 5.41) is 0. The first-order valence-electron chi connectivity index (χ1n) is 5.03. The topological polar surface area (TPSA) is 214 Å². The minimum Gasteiger partial charge on any atom is -0.271 e. The van der Waals surface area contributed by atoms with Crippen molar-refractivity contribution in [3.63, 3.8) is 0 Å². The Bertz CT molecular complexity index is 645. The third-order valence-electron chi connectivity index (χ3n) is 1.98. The molecule has 23 heavy (non-hydrogen) atoms. The van der Waals surface area contributed by atoms with Gasteiger partial charge in [-0.25, -0.2) is 25.2 Å². The zero-order valence-corrected chi connectivity index (χ0v) is 14.3. The van der Waals surface area contributed by atoms with Gasteiger partial charge in [0, 0.05) is 0 Å². The lowest BCUT2D eigenvalue weighted by Gasteiger charge is -2.29. The van der Waals surface area contributed by atoms with Gasteiger partial charge in [0.25, 0.3) is 22.0 Å². The van der Waals surface area contributed by atoms with Gasteiger partial charge in [-0.05, 0) is 0 Å². The van der Waals surface area contributed by atoms with Crippen LogP contribution in [-0.2, 0) is 59.5 Å². The van der Waals surface area contributed by atoms with E-state index in [1.54, 1.807) is 0 Å². The number of hydrogen-bond donors (Lipinski definition) is 4. The van der Waals surface area contributed by atoms with Gasteiger partial charge in [-0.2, -0.15) is 16.8 Å². The van der Waals surface area contributed by atoms with Gasteiger partial charge < -0.3 is 0 Å². The summed E-state index contributed by atoms with van der Waals surface area (Å²) in [4.78, 5) is 0. The lowest BCUT2D eigenvalue weighted by Crippen LogP contribution is -2.42. The summed E-state index contributed by atoms with van der Waals surface area (Å²) in [5.41, 5.74) is -2.16. The largest absolute Gasteiger partial charge is 0.397 e. The van der Waals surface area contributed by atoms with E-state index >= 15 is 0 Å². The van der Waals surface area contributed by atoms with Gasteiger partial charge in [0.15, 0.2) is 0 Å². The molecule has 0 aromatic carbocycles. The normalized spacial score (nSPS) is 13.7. The quantitative estimate of drug-likeness (QED) is 0.178. The van der Waals surface area contributed by atoms with Crippen molar-refractivity contribution in [1.29, 1.82) is 0 Å². The second-order valence-corrected chi connectivity index (χ2v) is 7.47. The molecule has 0 bridgehead atoms. The molecule has 0 aliphatic heterocycles. The van der Waals surface area contributed by atoms with Gasteiger partial charge in [0.05, 0.1) is 31.8 Å². The molecule has 2 N–H and O–H groups in total. The second kappa shape index (κ2) is 9.15. The monoisotopic (exact) mass is 424 g/mol. The van der Waals surface area contributed by atoms with Crippen molar-refractivity contribution < 1.29 is 59.5 Å². The highest BCUT2D eigenvalue weighted by Crippen LogP contribution is 2.22. The summed E-state index contributed by atoms with van der Waals surface area (Å²) in [6.07, 6.45) is 0. The molecule has 0 aromatic rings. The van der Waals surface area contributed by atoms with Crippen LogP contribution >= 0.6 is 0 Å². The molecule has 0 aliphatic rings. The maximum atomic E-state index is 10.6. The summed E-state index contributed by atoms with van der Waals surface area (Å²) in [5.74, 6) is 0. The predicted octanol–water partition coefficient (Wildman–Crippen LogP) is -3.30. The maximum Gasteiger partial charge on any atom is 0.397 e. The Kier molecular flexibility index (Phi) is 8.97. The van der Waals surface area contributed by atoms with Crippen LogP contribution in [0.25, 0.3) is 0 Å². The molecule has 0 unspecified atom stereocenters. The first kappa shape index (κ1) is 22.6. The van der Waals surface area contributed by atoms with Crippen molar-refractivity contribution in [2.45, 2.75) is 0 Å². The van der Waals surface area contributed by atoms with Gasteiger partial charge in [0.2, 0.25) is 0 Å². The van der Waals surface area contributed by atoms with Crippen LogP contribution in [0.2, 0.25) is 0 Å². The molecule has 0 amide bonds. The van der Waals surface area contributed by atoms with Crippen LogP contribution in [0.4, 0.5) is 0 Å². The van der Waals surface area contributed by atoms with Crippen molar-refractivity contribution in [2.24, 2.45) is 5.41 Å². The van der Waals surface area contributed by atoms with E-state index in [9.17, 15) is 33.7 Å². The average molecular weight is 424 g/mol. The maximum absolute atomic E-state index is 10.6. The van der Waals surface area contributed by atoms with E-state index in [2.05, 4.69) is 16.7 Å². The van der Waals surface area contributed by atoms with E-state index < -0.39 is 74.6 Å².